The Morgan fingerprint density at radius 1 is 1.27 bits per heavy atom. The molecule has 0 fully saturated rings. The third kappa shape index (κ3) is 3.92. The van der Waals surface area contributed by atoms with Crippen molar-refractivity contribution < 1.29 is 17.7 Å². The maximum absolute atomic E-state index is 12.2. The van der Waals surface area contributed by atoms with E-state index in [4.69, 9.17) is 4.52 Å². The van der Waals surface area contributed by atoms with Gasteiger partial charge in [-0.2, -0.15) is 4.72 Å². The molecule has 0 spiro atoms. The number of carbonyl (C=O) groups excluding carboxylic acids is 1. The molecule has 2 aromatic rings. The van der Waals surface area contributed by atoms with Crippen molar-refractivity contribution in [3.63, 3.8) is 0 Å². The van der Waals surface area contributed by atoms with Crippen LogP contribution in [0.4, 0.5) is 5.82 Å². The van der Waals surface area contributed by atoms with Crippen molar-refractivity contribution in [1.29, 1.82) is 0 Å². The molecule has 0 aliphatic carbocycles. The van der Waals surface area contributed by atoms with Crippen LogP contribution < -0.4 is 10.0 Å². The van der Waals surface area contributed by atoms with Gasteiger partial charge in [-0.1, -0.05) is 17.3 Å². The predicted molar refractivity (Wildman–Crippen MR) is 80.8 cm³/mol. The number of hydrogen-bond donors (Lipinski definition) is 2. The lowest BCUT2D eigenvalue weighted by Crippen LogP contribution is -2.41. The molecule has 1 aromatic carbocycles. The fourth-order valence-electron chi connectivity index (χ4n) is 1.80. The predicted octanol–water partition coefficient (Wildman–Crippen LogP) is 1.60. The largest absolute Gasteiger partial charge is 0.360 e. The molecule has 7 nitrogen and oxygen atoms in total. The summed E-state index contributed by atoms with van der Waals surface area (Å²) in [6.07, 6.45) is 0. The molecule has 8 heteroatoms. The number of anilines is 1. The number of benzene rings is 1. The van der Waals surface area contributed by atoms with E-state index in [1.165, 1.54) is 19.1 Å². The Bertz CT molecular complexity index is 783. The van der Waals surface area contributed by atoms with E-state index < -0.39 is 22.0 Å². The minimum absolute atomic E-state index is 0.115. The zero-order valence-electron chi connectivity index (χ0n) is 12.5. The van der Waals surface area contributed by atoms with Crippen molar-refractivity contribution in [2.75, 3.05) is 5.32 Å². The van der Waals surface area contributed by atoms with Gasteiger partial charge in [0.05, 0.1) is 10.9 Å². The zero-order valence-corrected chi connectivity index (χ0v) is 13.3. The molecule has 0 unspecified atom stereocenters. The second kappa shape index (κ2) is 6.29. The lowest BCUT2D eigenvalue weighted by molar-refractivity contribution is -0.117. The average molecular weight is 323 g/mol. The van der Waals surface area contributed by atoms with E-state index in [1.807, 2.05) is 0 Å². The summed E-state index contributed by atoms with van der Waals surface area (Å²) in [7, 11) is -3.77. The molecule has 2 rings (SSSR count). The number of aromatic nitrogens is 1. The lowest BCUT2D eigenvalue weighted by Gasteiger charge is -2.13. The Hall–Kier alpha value is -2.19. The van der Waals surface area contributed by atoms with Crippen molar-refractivity contribution in [3.8, 4) is 0 Å². The summed E-state index contributed by atoms with van der Waals surface area (Å²) in [5.74, 6) is 0.261. The summed E-state index contributed by atoms with van der Waals surface area (Å²) in [4.78, 5) is 12.1. The Morgan fingerprint density at radius 2 is 2.00 bits per heavy atom. The highest BCUT2D eigenvalue weighted by Crippen LogP contribution is 2.12. The van der Waals surface area contributed by atoms with Crippen LogP contribution in [-0.2, 0) is 14.8 Å². The average Bonchev–Trinajstić information content (AvgIpc) is 2.83. The number of sulfonamides is 1. The molecule has 1 amide bonds. The summed E-state index contributed by atoms with van der Waals surface area (Å²) < 4.78 is 31.6. The molecular formula is C14H17N3O4S. The van der Waals surface area contributed by atoms with Crippen molar-refractivity contribution in [1.82, 2.24) is 9.88 Å². The molecule has 1 heterocycles. The molecule has 1 atom stereocenters. The maximum atomic E-state index is 12.2. The summed E-state index contributed by atoms with van der Waals surface area (Å²) in [6, 6.07) is 7.03. The van der Waals surface area contributed by atoms with E-state index in [-0.39, 0.29) is 10.7 Å². The standard InChI is InChI=1S/C14H17N3O4S/c1-9-5-4-6-12(7-9)22(19,20)17-11(3)14(18)15-13-8-10(2)21-16-13/h4-8,11,17H,1-3H3,(H,15,16,18)/t11-/m1/s1. The fourth-order valence-corrected chi connectivity index (χ4v) is 3.10. The smallest absolute Gasteiger partial charge is 0.243 e. The number of aryl methyl sites for hydroxylation is 2. The van der Waals surface area contributed by atoms with Gasteiger partial charge in [-0.15, -0.1) is 0 Å². The monoisotopic (exact) mass is 323 g/mol. The molecule has 118 valence electrons. The van der Waals surface area contributed by atoms with E-state index in [0.717, 1.165) is 5.56 Å². The number of nitrogens with zero attached hydrogens (tertiary/aromatic N) is 1. The van der Waals surface area contributed by atoms with Gasteiger partial charge in [0, 0.05) is 6.07 Å². The van der Waals surface area contributed by atoms with Gasteiger partial charge in [-0.05, 0) is 38.5 Å². The Labute approximate surface area is 128 Å². The van der Waals surface area contributed by atoms with Crippen molar-refractivity contribution in [3.05, 3.63) is 41.7 Å². The van der Waals surface area contributed by atoms with Gasteiger partial charge in [0.25, 0.3) is 0 Å². The van der Waals surface area contributed by atoms with Crippen LogP contribution in [0.3, 0.4) is 0 Å². The fraction of sp³-hybridized carbons (Fsp3) is 0.286. The Kier molecular flexibility index (Phi) is 4.62. The molecule has 2 N–H and O–H groups in total. The van der Waals surface area contributed by atoms with Crippen molar-refractivity contribution in [2.24, 2.45) is 0 Å². The van der Waals surface area contributed by atoms with Gasteiger partial charge in [-0.3, -0.25) is 4.79 Å². The SMILES string of the molecule is Cc1cccc(S(=O)(=O)N[C@H](C)C(=O)Nc2cc(C)on2)c1. The molecule has 22 heavy (non-hydrogen) atoms. The van der Waals surface area contributed by atoms with Gasteiger partial charge in [0.15, 0.2) is 5.82 Å². The van der Waals surface area contributed by atoms with Crippen LogP contribution >= 0.6 is 0 Å². The van der Waals surface area contributed by atoms with Gasteiger partial charge < -0.3 is 9.84 Å². The third-order valence-electron chi connectivity index (χ3n) is 2.90. The number of amides is 1. The second-order valence-corrected chi connectivity index (χ2v) is 6.69. The second-order valence-electron chi connectivity index (χ2n) is 4.97. The summed E-state index contributed by atoms with van der Waals surface area (Å²) >= 11 is 0. The first-order chi connectivity index (χ1) is 10.3. The quantitative estimate of drug-likeness (QED) is 0.870. The minimum atomic E-state index is -3.77. The van der Waals surface area contributed by atoms with Crippen molar-refractivity contribution in [2.45, 2.75) is 31.7 Å². The van der Waals surface area contributed by atoms with Gasteiger partial charge in [-0.25, -0.2) is 8.42 Å². The molecular weight excluding hydrogens is 306 g/mol. The zero-order chi connectivity index (χ0) is 16.3. The van der Waals surface area contributed by atoms with Crippen molar-refractivity contribution >= 4 is 21.7 Å². The number of carbonyl (C=O) groups is 1. The van der Waals surface area contributed by atoms with E-state index >= 15 is 0 Å². The highest BCUT2D eigenvalue weighted by atomic mass is 32.2. The Balaban J connectivity index is 2.07. The highest BCUT2D eigenvalue weighted by molar-refractivity contribution is 7.89. The first-order valence-electron chi connectivity index (χ1n) is 6.61. The molecule has 0 radical (unpaired) electrons. The summed E-state index contributed by atoms with van der Waals surface area (Å²) in [6.45, 7) is 4.93. The first kappa shape index (κ1) is 16.2. The number of hydrogen-bond acceptors (Lipinski definition) is 5. The summed E-state index contributed by atoms with van der Waals surface area (Å²) in [5.41, 5.74) is 0.818. The Morgan fingerprint density at radius 3 is 2.59 bits per heavy atom. The number of nitrogens with one attached hydrogen (secondary N) is 2. The molecule has 0 aliphatic rings. The number of rotatable bonds is 5. The maximum Gasteiger partial charge on any atom is 0.243 e. The van der Waals surface area contributed by atoms with Crippen LogP contribution in [0.25, 0.3) is 0 Å². The van der Waals surface area contributed by atoms with Crippen LogP contribution in [0.1, 0.15) is 18.2 Å². The van der Waals surface area contributed by atoms with Crippen LogP contribution in [0, 0.1) is 13.8 Å². The molecule has 0 saturated carbocycles. The van der Waals surface area contributed by atoms with E-state index in [1.54, 1.807) is 32.0 Å². The van der Waals surface area contributed by atoms with E-state index in [9.17, 15) is 13.2 Å². The van der Waals surface area contributed by atoms with Gasteiger partial charge >= 0.3 is 0 Å². The first-order valence-corrected chi connectivity index (χ1v) is 8.09. The van der Waals surface area contributed by atoms with E-state index in [0.29, 0.717) is 5.76 Å². The van der Waals surface area contributed by atoms with Crippen LogP contribution in [0.15, 0.2) is 39.8 Å². The van der Waals surface area contributed by atoms with Crippen LogP contribution in [0.2, 0.25) is 0 Å². The van der Waals surface area contributed by atoms with Gasteiger partial charge in [0.1, 0.15) is 5.76 Å². The van der Waals surface area contributed by atoms with Crippen LogP contribution in [-0.4, -0.2) is 25.5 Å². The van der Waals surface area contributed by atoms with E-state index in [2.05, 4.69) is 15.2 Å². The highest BCUT2D eigenvalue weighted by Gasteiger charge is 2.22. The topological polar surface area (TPSA) is 101 Å². The van der Waals surface area contributed by atoms with Gasteiger partial charge in [0.2, 0.25) is 15.9 Å². The third-order valence-corrected chi connectivity index (χ3v) is 4.44. The minimum Gasteiger partial charge on any atom is -0.360 e. The molecule has 0 bridgehead atoms. The molecule has 0 saturated heterocycles. The molecule has 0 aliphatic heterocycles. The molecule has 1 aromatic heterocycles. The summed E-state index contributed by atoms with van der Waals surface area (Å²) in [5, 5.41) is 6.10. The van der Waals surface area contributed by atoms with Crippen LogP contribution in [0.5, 0.6) is 0 Å². The lowest BCUT2D eigenvalue weighted by atomic mass is 10.2. The normalized spacial score (nSPS) is 12.9.